The number of halogens is 1. The van der Waals surface area contributed by atoms with Gasteiger partial charge in [-0.15, -0.1) is 24.0 Å². The van der Waals surface area contributed by atoms with E-state index < -0.39 is 0 Å². The zero-order valence-corrected chi connectivity index (χ0v) is 20.1. The van der Waals surface area contributed by atoms with Crippen molar-refractivity contribution in [2.24, 2.45) is 10.9 Å². The van der Waals surface area contributed by atoms with Gasteiger partial charge < -0.3 is 15.5 Å². The van der Waals surface area contributed by atoms with Crippen molar-refractivity contribution in [3.63, 3.8) is 0 Å². The molecule has 3 rings (SSSR count). The van der Waals surface area contributed by atoms with E-state index in [1.807, 2.05) is 0 Å². The number of carbonyl (C=O) groups excluding carboxylic acids is 1. The van der Waals surface area contributed by atoms with Gasteiger partial charge >= 0.3 is 0 Å². The molecule has 1 aliphatic heterocycles. The number of rotatable bonds is 8. The van der Waals surface area contributed by atoms with E-state index in [0.717, 1.165) is 57.9 Å². The van der Waals surface area contributed by atoms with E-state index in [9.17, 15) is 4.79 Å². The molecule has 1 amide bonds. The Bertz CT molecular complexity index is 642. The van der Waals surface area contributed by atoms with E-state index in [4.69, 9.17) is 4.99 Å². The van der Waals surface area contributed by atoms with Gasteiger partial charge in [-0.3, -0.25) is 14.7 Å². The highest BCUT2D eigenvalue weighted by Crippen LogP contribution is 2.28. The van der Waals surface area contributed by atoms with E-state index in [1.165, 1.54) is 5.56 Å². The number of piperazine rings is 1. The van der Waals surface area contributed by atoms with Gasteiger partial charge in [-0.1, -0.05) is 37.3 Å². The van der Waals surface area contributed by atoms with Crippen LogP contribution in [0.3, 0.4) is 0 Å². The third-order valence-electron chi connectivity index (χ3n) is 5.58. The van der Waals surface area contributed by atoms with Crippen molar-refractivity contribution in [3.8, 4) is 0 Å². The zero-order valence-electron chi connectivity index (χ0n) is 17.8. The summed E-state index contributed by atoms with van der Waals surface area (Å²) >= 11 is 0. The molecule has 1 atom stereocenters. The van der Waals surface area contributed by atoms with Crippen LogP contribution in [0, 0.1) is 5.92 Å². The molecule has 0 aromatic heterocycles. The van der Waals surface area contributed by atoms with E-state index >= 15 is 0 Å². The third kappa shape index (κ3) is 7.13. The largest absolute Gasteiger partial charge is 0.357 e. The fraction of sp³-hybridized carbons (Fsp3) is 0.636. The Morgan fingerprint density at radius 2 is 1.79 bits per heavy atom. The van der Waals surface area contributed by atoms with Crippen LogP contribution in [0.4, 0.5) is 0 Å². The molecule has 0 radical (unpaired) electrons. The summed E-state index contributed by atoms with van der Waals surface area (Å²) < 4.78 is 0. The summed E-state index contributed by atoms with van der Waals surface area (Å²) in [7, 11) is 0. The molecule has 2 aliphatic rings. The number of guanidine groups is 1. The Balaban J connectivity index is 0.00000300. The highest BCUT2D eigenvalue weighted by atomic mass is 127. The Labute approximate surface area is 192 Å². The summed E-state index contributed by atoms with van der Waals surface area (Å²) in [5.41, 5.74) is 1.41. The second kappa shape index (κ2) is 12.4. The summed E-state index contributed by atoms with van der Waals surface area (Å²) in [6.07, 6.45) is 3.21. The molecular formula is C22H36IN5O. The topological polar surface area (TPSA) is 60.0 Å². The molecule has 162 valence electrons. The van der Waals surface area contributed by atoms with Crippen LogP contribution in [0.1, 0.15) is 44.7 Å². The number of hydrogen-bond donors (Lipinski definition) is 2. The van der Waals surface area contributed by atoms with Gasteiger partial charge in [-0.25, -0.2) is 0 Å². The smallest absolute Gasteiger partial charge is 0.223 e. The first-order chi connectivity index (χ1) is 13.7. The number of nitrogens with one attached hydrogen (secondary N) is 2. The number of amides is 1. The van der Waals surface area contributed by atoms with Crippen molar-refractivity contribution in [2.75, 3.05) is 45.8 Å². The van der Waals surface area contributed by atoms with Crippen molar-refractivity contribution in [1.29, 1.82) is 0 Å². The van der Waals surface area contributed by atoms with E-state index in [-0.39, 0.29) is 35.8 Å². The quantitative estimate of drug-likeness (QED) is 0.243. The van der Waals surface area contributed by atoms with Gasteiger partial charge in [-0.05, 0) is 31.7 Å². The summed E-state index contributed by atoms with van der Waals surface area (Å²) in [6, 6.07) is 11.3. The van der Waals surface area contributed by atoms with E-state index in [1.54, 1.807) is 0 Å². The van der Waals surface area contributed by atoms with Crippen LogP contribution in [0.2, 0.25) is 0 Å². The summed E-state index contributed by atoms with van der Waals surface area (Å²) in [5, 5.41) is 6.40. The first-order valence-electron chi connectivity index (χ1n) is 10.8. The maximum absolute atomic E-state index is 11.7. The Kier molecular flexibility index (Phi) is 10.2. The lowest BCUT2D eigenvalue weighted by Crippen LogP contribution is -2.53. The molecule has 1 unspecified atom stereocenters. The summed E-state index contributed by atoms with van der Waals surface area (Å²) in [5.74, 6) is 1.43. The van der Waals surface area contributed by atoms with Crippen LogP contribution < -0.4 is 10.6 Å². The van der Waals surface area contributed by atoms with Crippen LogP contribution in [-0.4, -0.2) is 67.5 Å². The Hall–Kier alpha value is -1.35. The number of hydrogen-bond acceptors (Lipinski definition) is 3. The van der Waals surface area contributed by atoms with Gasteiger partial charge in [0.15, 0.2) is 5.96 Å². The van der Waals surface area contributed by atoms with Crippen LogP contribution in [0.5, 0.6) is 0 Å². The minimum Gasteiger partial charge on any atom is -0.357 e. The SMILES string of the molecule is CCNC(=NCCNC(=O)C1CC1)N1CCN(C(CC)c2ccccc2)CC1.I. The second-order valence-corrected chi connectivity index (χ2v) is 7.66. The lowest BCUT2D eigenvalue weighted by atomic mass is 10.0. The number of nitrogens with zero attached hydrogens (tertiary/aromatic N) is 3. The fourth-order valence-corrected chi connectivity index (χ4v) is 3.88. The van der Waals surface area contributed by atoms with Crippen molar-refractivity contribution in [3.05, 3.63) is 35.9 Å². The number of aliphatic imine (C=N–C) groups is 1. The zero-order chi connectivity index (χ0) is 19.8. The lowest BCUT2D eigenvalue weighted by Gasteiger charge is -2.40. The highest BCUT2D eigenvalue weighted by Gasteiger charge is 2.29. The van der Waals surface area contributed by atoms with Crippen molar-refractivity contribution in [1.82, 2.24) is 20.4 Å². The second-order valence-electron chi connectivity index (χ2n) is 7.66. The highest BCUT2D eigenvalue weighted by molar-refractivity contribution is 14.0. The molecule has 1 saturated heterocycles. The minimum absolute atomic E-state index is 0. The molecule has 0 spiro atoms. The van der Waals surface area contributed by atoms with Gasteiger partial charge in [0.2, 0.25) is 5.91 Å². The van der Waals surface area contributed by atoms with Crippen LogP contribution in [-0.2, 0) is 4.79 Å². The first kappa shape index (κ1) is 23.9. The van der Waals surface area contributed by atoms with Crippen molar-refractivity contribution in [2.45, 2.75) is 39.2 Å². The Morgan fingerprint density at radius 3 is 2.38 bits per heavy atom. The van der Waals surface area contributed by atoms with Gasteiger partial charge in [0.05, 0.1) is 6.54 Å². The summed E-state index contributed by atoms with van der Waals surface area (Å²) in [4.78, 5) is 21.4. The lowest BCUT2D eigenvalue weighted by molar-refractivity contribution is -0.122. The monoisotopic (exact) mass is 513 g/mol. The maximum atomic E-state index is 11.7. The average Bonchev–Trinajstić information content (AvgIpc) is 3.58. The summed E-state index contributed by atoms with van der Waals surface area (Å²) in [6.45, 7) is 10.5. The van der Waals surface area contributed by atoms with Crippen LogP contribution >= 0.6 is 24.0 Å². The first-order valence-corrected chi connectivity index (χ1v) is 10.8. The van der Waals surface area contributed by atoms with E-state index in [2.05, 4.69) is 64.6 Å². The van der Waals surface area contributed by atoms with E-state index in [0.29, 0.717) is 19.1 Å². The standard InChI is InChI=1S/C22H35N5O.HI/c1-3-20(18-8-6-5-7-9-18)26-14-16-27(17-15-26)22(23-4-2)25-13-12-24-21(28)19-10-11-19;/h5-9,19-20H,3-4,10-17H2,1-2H3,(H,23,25)(H,24,28);1H. The molecule has 1 aliphatic carbocycles. The van der Waals surface area contributed by atoms with Gasteiger partial charge in [0, 0.05) is 51.2 Å². The number of benzene rings is 1. The van der Waals surface area contributed by atoms with Crippen LogP contribution in [0.15, 0.2) is 35.3 Å². The molecule has 1 saturated carbocycles. The van der Waals surface area contributed by atoms with Gasteiger partial charge in [0.1, 0.15) is 0 Å². The molecular weight excluding hydrogens is 477 g/mol. The molecule has 1 aromatic carbocycles. The number of carbonyl (C=O) groups is 1. The van der Waals surface area contributed by atoms with Crippen molar-refractivity contribution >= 4 is 35.8 Å². The van der Waals surface area contributed by atoms with Gasteiger partial charge in [0.25, 0.3) is 0 Å². The van der Waals surface area contributed by atoms with Crippen LogP contribution in [0.25, 0.3) is 0 Å². The minimum atomic E-state index is 0. The predicted molar refractivity (Wildman–Crippen MR) is 130 cm³/mol. The molecule has 1 heterocycles. The van der Waals surface area contributed by atoms with Gasteiger partial charge in [-0.2, -0.15) is 0 Å². The molecule has 1 aromatic rings. The normalized spacial score (nSPS) is 18.7. The average molecular weight is 513 g/mol. The molecule has 2 N–H and O–H groups in total. The molecule has 29 heavy (non-hydrogen) atoms. The Morgan fingerprint density at radius 1 is 1.10 bits per heavy atom. The molecule has 2 fully saturated rings. The predicted octanol–water partition coefficient (Wildman–Crippen LogP) is 2.87. The molecule has 0 bridgehead atoms. The van der Waals surface area contributed by atoms with Crippen molar-refractivity contribution < 1.29 is 4.79 Å². The maximum Gasteiger partial charge on any atom is 0.223 e. The molecule has 6 nitrogen and oxygen atoms in total. The fourth-order valence-electron chi connectivity index (χ4n) is 3.88. The third-order valence-corrected chi connectivity index (χ3v) is 5.58. The molecule has 7 heteroatoms.